The molecule has 108 valence electrons. The molecule has 1 fully saturated rings. The minimum atomic E-state index is 0.490. The zero-order valence-electron chi connectivity index (χ0n) is 11.8. The predicted molar refractivity (Wildman–Crippen MR) is 77.2 cm³/mol. The van der Waals surface area contributed by atoms with Gasteiger partial charge in [-0.05, 0) is 19.8 Å². The molecular formula is C14H25N3O2. The fourth-order valence-corrected chi connectivity index (χ4v) is 1.80. The van der Waals surface area contributed by atoms with E-state index in [1.165, 1.54) is 0 Å². The molecule has 19 heavy (non-hydrogen) atoms. The average Bonchev–Trinajstić information content (AvgIpc) is 2.93. The predicted octanol–water partition coefficient (Wildman–Crippen LogP) is 0.618. The first-order chi connectivity index (χ1) is 9.36. The fourth-order valence-electron chi connectivity index (χ4n) is 1.80. The van der Waals surface area contributed by atoms with Crippen LogP contribution in [0.3, 0.4) is 0 Å². The van der Waals surface area contributed by atoms with Crippen LogP contribution in [0, 0.1) is 18.3 Å². The molecule has 0 amide bonds. The first-order valence-corrected chi connectivity index (χ1v) is 6.98. The maximum Gasteiger partial charge on any atom is 0.192 e. The van der Waals surface area contributed by atoms with Crippen LogP contribution in [0.2, 0.25) is 0 Å². The summed E-state index contributed by atoms with van der Waals surface area (Å²) in [4.78, 5) is 4.41. The summed E-state index contributed by atoms with van der Waals surface area (Å²) in [5.41, 5.74) is 0. The Balaban J connectivity index is 2.03. The number of hydrogen-bond acceptors (Lipinski definition) is 3. The van der Waals surface area contributed by atoms with Gasteiger partial charge in [-0.25, -0.2) is 0 Å². The second-order valence-electron chi connectivity index (χ2n) is 4.48. The van der Waals surface area contributed by atoms with Crippen molar-refractivity contribution in [1.29, 1.82) is 0 Å². The maximum absolute atomic E-state index is 5.62. The summed E-state index contributed by atoms with van der Waals surface area (Å²) in [6, 6.07) is 0. The Bertz CT molecular complexity index is 294. The number of terminal acetylenes is 1. The Hall–Kier alpha value is -1.25. The molecule has 1 heterocycles. The molecule has 0 aromatic rings. The van der Waals surface area contributed by atoms with Gasteiger partial charge in [0.15, 0.2) is 5.96 Å². The van der Waals surface area contributed by atoms with E-state index in [4.69, 9.17) is 15.9 Å². The topological polar surface area (TPSA) is 54.9 Å². The first-order valence-electron chi connectivity index (χ1n) is 6.98. The smallest absolute Gasteiger partial charge is 0.192 e. The van der Waals surface area contributed by atoms with Crippen molar-refractivity contribution in [1.82, 2.24) is 10.6 Å². The van der Waals surface area contributed by atoms with E-state index in [1.54, 1.807) is 0 Å². The van der Waals surface area contributed by atoms with Crippen LogP contribution in [-0.2, 0) is 9.47 Å². The van der Waals surface area contributed by atoms with Gasteiger partial charge in [0.05, 0.1) is 19.8 Å². The van der Waals surface area contributed by atoms with E-state index in [0.29, 0.717) is 12.5 Å². The molecule has 0 bridgehead atoms. The standard InChI is InChI=1S/C14H25N3O2/c1-3-7-16-14(15-4-2)17-8-5-9-18-11-13-6-10-19-12-13/h1,13H,4-12H2,2H3,(H2,15,16,17). The molecule has 5 heteroatoms. The minimum absolute atomic E-state index is 0.490. The van der Waals surface area contributed by atoms with Crippen molar-refractivity contribution in [3.8, 4) is 12.3 Å². The average molecular weight is 267 g/mol. The quantitative estimate of drug-likeness (QED) is 0.293. The van der Waals surface area contributed by atoms with Crippen molar-refractivity contribution >= 4 is 5.96 Å². The number of guanidine groups is 1. The molecule has 1 rings (SSSR count). The van der Waals surface area contributed by atoms with E-state index >= 15 is 0 Å². The fraction of sp³-hybridized carbons (Fsp3) is 0.786. The van der Waals surface area contributed by atoms with E-state index in [1.807, 2.05) is 6.92 Å². The van der Waals surface area contributed by atoms with Crippen molar-refractivity contribution in [3.05, 3.63) is 0 Å². The van der Waals surface area contributed by atoms with Gasteiger partial charge >= 0.3 is 0 Å². The molecule has 0 spiro atoms. The third-order valence-corrected chi connectivity index (χ3v) is 2.80. The van der Waals surface area contributed by atoms with E-state index in [2.05, 4.69) is 21.5 Å². The lowest BCUT2D eigenvalue weighted by Gasteiger charge is -2.09. The molecule has 1 atom stereocenters. The van der Waals surface area contributed by atoms with Crippen LogP contribution in [0.15, 0.2) is 4.99 Å². The summed E-state index contributed by atoms with van der Waals surface area (Å²) >= 11 is 0. The van der Waals surface area contributed by atoms with E-state index in [-0.39, 0.29) is 0 Å². The van der Waals surface area contributed by atoms with Crippen LogP contribution in [0.25, 0.3) is 0 Å². The maximum atomic E-state index is 5.62. The SMILES string of the molecule is C#CCNC(=NCCCOCC1CCOC1)NCC. The van der Waals surface area contributed by atoms with Gasteiger partial charge in [0.1, 0.15) is 0 Å². The molecule has 0 aliphatic carbocycles. The zero-order valence-corrected chi connectivity index (χ0v) is 11.8. The summed E-state index contributed by atoms with van der Waals surface area (Å²) in [5.74, 6) is 3.88. The van der Waals surface area contributed by atoms with Crippen molar-refractivity contribution in [2.24, 2.45) is 10.9 Å². The highest BCUT2D eigenvalue weighted by molar-refractivity contribution is 5.79. The minimum Gasteiger partial charge on any atom is -0.381 e. The highest BCUT2D eigenvalue weighted by atomic mass is 16.5. The Morgan fingerprint density at radius 1 is 1.53 bits per heavy atom. The highest BCUT2D eigenvalue weighted by Gasteiger charge is 2.14. The first kappa shape index (κ1) is 15.8. The Morgan fingerprint density at radius 2 is 2.42 bits per heavy atom. The number of rotatable bonds is 8. The molecule has 0 aromatic heterocycles. The van der Waals surface area contributed by atoms with Crippen LogP contribution in [0.1, 0.15) is 19.8 Å². The molecule has 0 saturated carbocycles. The molecule has 0 radical (unpaired) electrons. The van der Waals surface area contributed by atoms with Crippen molar-refractivity contribution in [2.75, 3.05) is 46.1 Å². The van der Waals surface area contributed by atoms with Gasteiger partial charge in [0.2, 0.25) is 0 Å². The lowest BCUT2D eigenvalue weighted by molar-refractivity contribution is 0.0893. The van der Waals surface area contributed by atoms with E-state index < -0.39 is 0 Å². The molecule has 1 aliphatic heterocycles. The Morgan fingerprint density at radius 3 is 3.11 bits per heavy atom. The summed E-state index contributed by atoms with van der Waals surface area (Å²) in [5, 5.41) is 6.19. The van der Waals surface area contributed by atoms with Crippen LogP contribution in [-0.4, -0.2) is 52.0 Å². The largest absolute Gasteiger partial charge is 0.381 e. The van der Waals surface area contributed by atoms with Crippen molar-refractivity contribution < 1.29 is 9.47 Å². The van der Waals surface area contributed by atoms with Gasteiger partial charge in [-0.15, -0.1) is 6.42 Å². The van der Waals surface area contributed by atoms with Crippen LogP contribution < -0.4 is 10.6 Å². The second-order valence-corrected chi connectivity index (χ2v) is 4.48. The zero-order chi connectivity index (χ0) is 13.8. The third-order valence-electron chi connectivity index (χ3n) is 2.80. The summed E-state index contributed by atoms with van der Waals surface area (Å²) in [6.07, 6.45) is 7.24. The lowest BCUT2D eigenvalue weighted by atomic mass is 10.1. The van der Waals surface area contributed by atoms with Gasteiger partial charge in [0.25, 0.3) is 0 Å². The van der Waals surface area contributed by atoms with Gasteiger partial charge in [-0.2, -0.15) is 0 Å². The number of aliphatic imine (C=N–C) groups is 1. The summed E-state index contributed by atoms with van der Waals surface area (Å²) in [6.45, 7) is 7.36. The third kappa shape index (κ3) is 7.70. The van der Waals surface area contributed by atoms with E-state index in [9.17, 15) is 0 Å². The molecular weight excluding hydrogens is 242 g/mol. The molecule has 1 aliphatic rings. The molecule has 5 nitrogen and oxygen atoms in total. The highest BCUT2D eigenvalue weighted by Crippen LogP contribution is 2.12. The Kier molecular flexibility index (Phi) is 8.86. The van der Waals surface area contributed by atoms with Crippen LogP contribution >= 0.6 is 0 Å². The van der Waals surface area contributed by atoms with Crippen molar-refractivity contribution in [3.63, 3.8) is 0 Å². The normalized spacial score (nSPS) is 19.2. The number of hydrogen-bond donors (Lipinski definition) is 2. The van der Waals surface area contributed by atoms with E-state index in [0.717, 1.165) is 58.3 Å². The molecule has 2 N–H and O–H groups in total. The lowest BCUT2D eigenvalue weighted by Crippen LogP contribution is -2.37. The second kappa shape index (κ2) is 10.7. The number of nitrogens with one attached hydrogen (secondary N) is 2. The van der Waals surface area contributed by atoms with Gasteiger partial charge in [-0.3, -0.25) is 4.99 Å². The summed E-state index contributed by atoms with van der Waals surface area (Å²) in [7, 11) is 0. The van der Waals surface area contributed by atoms with Gasteiger partial charge in [-0.1, -0.05) is 5.92 Å². The number of ether oxygens (including phenoxy) is 2. The summed E-state index contributed by atoms with van der Waals surface area (Å²) < 4.78 is 10.9. The molecule has 0 aromatic carbocycles. The molecule has 1 unspecified atom stereocenters. The monoisotopic (exact) mass is 267 g/mol. The van der Waals surface area contributed by atoms with Crippen molar-refractivity contribution in [2.45, 2.75) is 19.8 Å². The van der Waals surface area contributed by atoms with Crippen LogP contribution in [0.4, 0.5) is 0 Å². The molecule has 1 saturated heterocycles. The van der Waals surface area contributed by atoms with Gasteiger partial charge < -0.3 is 20.1 Å². The van der Waals surface area contributed by atoms with Gasteiger partial charge in [0, 0.05) is 32.2 Å². The number of nitrogens with zero attached hydrogens (tertiary/aromatic N) is 1. The van der Waals surface area contributed by atoms with Crippen LogP contribution in [0.5, 0.6) is 0 Å². The Labute approximate surface area is 116 Å².